The molecular weight excluding hydrogens is 384 g/mol. The Morgan fingerprint density at radius 2 is 1.71 bits per heavy atom. The van der Waals surface area contributed by atoms with Crippen LogP contribution in [0, 0.1) is 0 Å². The second-order valence-electron chi connectivity index (χ2n) is 6.03. The van der Waals surface area contributed by atoms with E-state index in [1.165, 1.54) is 6.07 Å². The Morgan fingerprint density at radius 1 is 1.04 bits per heavy atom. The molecule has 28 heavy (non-hydrogen) atoms. The van der Waals surface area contributed by atoms with Gasteiger partial charge in [-0.05, 0) is 17.2 Å². The van der Waals surface area contributed by atoms with Crippen LogP contribution in [0.5, 0.6) is 0 Å². The SMILES string of the molecule is NCc1nc(-c2ccc(-c3cccc(S(N)(=O)=O)c3C3NNNN3)cc2)no1. The third kappa shape index (κ3) is 3.53. The van der Waals surface area contributed by atoms with Crippen LogP contribution in [0.3, 0.4) is 0 Å². The number of sulfonamides is 1. The van der Waals surface area contributed by atoms with Gasteiger partial charge in [-0.1, -0.05) is 41.6 Å². The molecule has 1 aromatic heterocycles. The highest BCUT2D eigenvalue weighted by Crippen LogP contribution is 2.33. The Bertz CT molecular complexity index is 1090. The molecule has 1 aliphatic heterocycles. The molecule has 0 atom stereocenters. The highest BCUT2D eigenvalue weighted by atomic mass is 32.2. The molecule has 2 aromatic carbocycles. The number of hydrogen-bond donors (Lipinski definition) is 6. The number of rotatable bonds is 5. The molecule has 4 rings (SSSR count). The standard InChI is InChI=1S/C16H18N8O3S/c17-8-13-19-15(22-27-13)10-6-4-9(5-7-10)11-2-1-3-12(28(18,25)26)14(11)16-20-23-24-21-16/h1-7,16,20-21,23-24H,8,17H2,(H2,18,25,26). The van der Waals surface area contributed by atoms with Crippen molar-refractivity contribution in [3.63, 3.8) is 0 Å². The fraction of sp³-hybridized carbons (Fsp3) is 0.125. The first-order valence-electron chi connectivity index (χ1n) is 8.27. The summed E-state index contributed by atoms with van der Waals surface area (Å²) in [7, 11) is -3.93. The van der Waals surface area contributed by atoms with E-state index in [0.29, 0.717) is 22.8 Å². The van der Waals surface area contributed by atoms with Crippen LogP contribution in [0.15, 0.2) is 51.9 Å². The number of nitrogens with one attached hydrogen (secondary N) is 4. The molecule has 0 unspecified atom stereocenters. The quantitative estimate of drug-likeness (QED) is 0.330. The number of nitrogens with two attached hydrogens (primary N) is 2. The molecule has 3 aromatic rings. The number of hydrazine groups is 3. The monoisotopic (exact) mass is 402 g/mol. The number of benzene rings is 2. The predicted molar refractivity (Wildman–Crippen MR) is 99.7 cm³/mol. The highest BCUT2D eigenvalue weighted by molar-refractivity contribution is 7.89. The average Bonchev–Trinajstić information content (AvgIpc) is 3.39. The van der Waals surface area contributed by atoms with Gasteiger partial charge in [-0.2, -0.15) is 16.1 Å². The van der Waals surface area contributed by atoms with Crippen molar-refractivity contribution in [2.24, 2.45) is 10.9 Å². The van der Waals surface area contributed by atoms with E-state index in [9.17, 15) is 8.42 Å². The Labute approximate surface area is 160 Å². The van der Waals surface area contributed by atoms with Crippen molar-refractivity contribution >= 4 is 10.0 Å². The Morgan fingerprint density at radius 3 is 2.32 bits per heavy atom. The molecule has 1 fully saturated rings. The molecule has 0 amide bonds. The Hall–Kier alpha value is -2.71. The van der Waals surface area contributed by atoms with Crippen molar-refractivity contribution in [1.29, 1.82) is 0 Å². The predicted octanol–water partition coefficient (Wildman–Crippen LogP) is -0.375. The first kappa shape index (κ1) is 18.6. The lowest BCUT2D eigenvalue weighted by Gasteiger charge is -2.18. The van der Waals surface area contributed by atoms with E-state index < -0.39 is 16.2 Å². The Balaban J connectivity index is 1.78. The van der Waals surface area contributed by atoms with Gasteiger partial charge in [0, 0.05) is 11.1 Å². The fourth-order valence-electron chi connectivity index (χ4n) is 2.99. The summed E-state index contributed by atoms with van der Waals surface area (Å²) in [4.78, 5) is 4.22. The molecule has 146 valence electrons. The fourth-order valence-corrected chi connectivity index (χ4v) is 3.80. The molecule has 2 heterocycles. The number of nitrogens with zero attached hydrogens (tertiary/aromatic N) is 2. The summed E-state index contributed by atoms with van der Waals surface area (Å²) in [5.41, 5.74) is 19.4. The van der Waals surface area contributed by atoms with E-state index >= 15 is 0 Å². The molecule has 0 radical (unpaired) electrons. The molecule has 0 bridgehead atoms. The maximum absolute atomic E-state index is 12.1. The van der Waals surface area contributed by atoms with Crippen LogP contribution in [0.2, 0.25) is 0 Å². The van der Waals surface area contributed by atoms with Crippen molar-refractivity contribution in [3.8, 4) is 22.5 Å². The third-order valence-electron chi connectivity index (χ3n) is 4.25. The topological polar surface area (TPSA) is 173 Å². The zero-order valence-electron chi connectivity index (χ0n) is 14.5. The maximum Gasteiger partial charge on any atom is 0.240 e. The van der Waals surface area contributed by atoms with E-state index in [0.717, 1.165) is 11.1 Å². The number of hydrogen-bond acceptors (Lipinski definition) is 10. The maximum atomic E-state index is 12.1. The van der Waals surface area contributed by atoms with Gasteiger partial charge in [0.1, 0.15) is 6.17 Å². The van der Waals surface area contributed by atoms with Gasteiger partial charge in [0.2, 0.25) is 21.7 Å². The number of aromatic nitrogens is 2. The lowest BCUT2D eigenvalue weighted by atomic mass is 9.97. The summed E-state index contributed by atoms with van der Waals surface area (Å²) in [5, 5.41) is 9.31. The smallest absolute Gasteiger partial charge is 0.240 e. The first-order chi connectivity index (χ1) is 13.5. The van der Waals surface area contributed by atoms with Crippen LogP contribution in [0.4, 0.5) is 0 Å². The van der Waals surface area contributed by atoms with Gasteiger partial charge < -0.3 is 10.3 Å². The zero-order chi connectivity index (χ0) is 19.7. The van der Waals surface area contributed by atoms with E-state index in [1.54, 1.807) is 6.07 Å². The highest BCUT2D eigenvalue weighted by Gasteiger charge is 2.26. The van der Waals surface area contributed by atoms with Crippen molar-refractivity contribution in [2.45, 2.75) is 17.6 Å². The molecule has 11 nitrogen and oxygen atoms in total. The van der Waals surface area contributed by atoms with Crippen molar-refractivity contribution in [2.75, 3.05) is 0 Å². The van der Waals surface area contributed by atoms with E-state index in [2.05, 4.69) is 32.1 Å². The summed E-state index contributed by atoms with van der Waals surface area (Å²) in [5.74, 6) is 0.777. The Kier molecular flexibility index (Phi) is 4.91. The van der Waals surface area contributed by atoms with Gasteiger partial charge in [-0.15, -0.1) is 0 Å². The normalized spacial score (nSPS) is 15.2. The van der Waals surface area contributed by atoms with Crippen molar-refractivity contribution in [1.82, 2.24) is 32.1 Å². The summed E-state index contributed by atoms with van der Waals surface area (Å²) >= 11 is 0. The van der Waals surface area contributed by atoms with Gasteiger partial charge in [-0.3, -0.25) is 0 Å². The van der Waals surface area contributed by atoms with Gasteiger partial charge >= 0.3 is 0 Å². The van der Waals surface area contributed by atoms with Gasteiger partial charge in [0.15, 0.2) is 0 Å². The molecular formula is C16H18N8O3S. The minimum atomic E-state index is -3.93. The van der Waals surface area contributed by atoms with Gasteiger partial charge in [-0.25, -0.2) is 24.4 Å². The number of primary sulfonamides is 1. The minimum Gasteiger partial charge on any atom is -0.338 e. The van der Waals surface area contributed by atoms with Crippen LogP contribution >= 0.6 is 0 Å². The largest absolute Gasteiger partial charge is 0.338 e. The van der Waals surface area contributed by atoms with Crippen LogP contribution in [-0.2, 0) is 16.6 Å². The lowest BCUT2D eigenvalue weighted by Crippen LogP contribution is -2.33. The molecule has 8 N–H and O–H groups in total. The van der Waals surface area contributed by atoms with Crippen LogP contribution < -0.4 is 32.8 Å². The molecule has 1 aliphatic rings. The van der Waals surface area contributed by atoms with E-state index in [-0.39, 0.29) is 11.4 Å². The van der Waals surface area contributed by atoms with Crippen LogP contribution in [0.25, 0.3) is 22.5 Å². The molecule has 12 heteroatoms. The molecule has 0 spiro atoms. The van der Waals surface area contributed by atoms with Crippen LogP contribution in [-0.4, -0.2) is 18.6 Å². The first-order valence-corrected chi connectivity index (χ1v) is 9.82. The second-order valence-corrected chi connectivity index (χ2v) is 7.56. The third-order valence-corrected chi connectivity index (χ3v) is 5.22. The average molecular weight is 402 g/mol. The molecule has 0 aliphatic carbocycles. The minimum absolute atomic E-state index is 0.0235. The van der Waals surface area contributed by atoms with E-state index in [4.69, 9.17) is 15.4 Å². The molecule has 1 saturated heterocycles. The molecule has 0 saturated carbocycles. The summed E-state index contributed by atoms with van der Waals surface area (Å²) in [6, 6.07) is 12.3. The van der Waals surface area contributed by atoms with Crippen LogP contribution in [0.1, 0.15) is 17.6 Å². The van der Waals surface area contributed by atoms with E-state index in [1.807, 2.05) is 30.3 Å². The summed E-state index contributed by atoms with van der Waals surface area (Å²) < 4.78 is 29.2. The zero-order valence-corrected chi connectivity index (χ0v) is 15.3. The van der Waals surface area contributed by atoms with Gasteiger partial charge in [0.25, 0.3) is 0 Å². The van der Waals surface area contributed by atoms with Crippen molar-refractivity contribution in [3.05, 3.63) is 53.9 Å². The van der Waals surface area contributed by atoms with Crippen molar-refractivity contribution < 1.29 is 12.9 Å². The second kappa shape index (κ2) is 7.37. The summed E-state index contributed by atoms with van der Waals surface area (Å²) in [6.07, 6.45) is -0.520. The van der Waals surface area contributed by atoms with Gasteiger partial charge in [0.05, 0.1) is 11.4 Å². The lowest BCUT2D eigenvalue weighted by molar-refractivity contribution is 0.380. The summed E-state index contributed by atoms with van der Waals surface area (Å²) in [6.45, 7) is 0.165.